The summed E-state index contributed by atoms with van der Waals surface area (Å²) in [5.41, 5.74) is 0. The summed E-state index contributed by atoms with van der Waals surface area (Å²) in [6, 6.07) is -0.751. The van der Waals surface area contributed by atoms with Crippen LogP contribution >= 0.6 is 0 Å². The summed E-state index contributed by atoms with van der Waals surface area (Å²) >= 11 is 0. The number of unbranched alkanes of at least 4 members (excludes halogenated alkanes) is 6. The SMILES string of the molecule is CC/C=C/C=C/C=C/C=C/C=C/C=C/CCCCCC(=O)OCC(COCCC(C(=O)[O-])[N+](C)(C)C)OC(=O)CCCCC/C=C/C/C=C/C/C=C/C/C=C/C/C=C/C/C=C/CC. The Kier molecular flexibility index (Phi) is 40.5. The molecule has 0 heterocycles. The standard InChI is InChI=1S/C55H83NO7/c1-6-8-10-12-14-16-18-20-22-24-25-26-27-28-30-32-34-36-38-40-42-44-46-54(58)63-51(49-61-48-47-52(55(59)60)56(3,4)5)50-62-53(57)45-43-41-39-37-35-33-31-29-23-21-19-17-15-13-11-9-7-2/h8-11,13-17,19-23,25-26,28-31,33-36,51-52H,6-7,12,18,24,27,32,37-50H2,1-5H3/b10-8+,11-9+,15-13+,16-14+,19-17+,22-20+,23-21+,26-25+,30-28+,31-29+,35-33+,36-34+. The number of likely N-dealkylation sites (N-methyl/N-ethyl adjacent to an activating group) is 1. The first-order chi connectivity index (χ1) is 30.6. The highest BCUT2D eigenvalue weighted by atomic mass is 16.6. The van der Waals surface area contributed by atoms with Gasteiger partial charge in [-0.05, 0) is 83.5 Å². The quantitative estimate of drug-likeness (QED) is 0.0199. The Morgan fingerprint density at radius 1 is 0.492 bits per heavy atom. The number of hydrogen-bond acceptors (Lipinski definition) is 7. The summed E-state index contributed by atoms with van der Waals surface area (Å²) in [7, 11) is 5.36. The molecule has 0 spiro atoms. The maximum absolute atomic E-state index is 12.8. The number of allylic oxidation sites excluding steroid dienone is 24. The first-order valence-corrected chi connectivity index (χ1v) is 23.4. The lowest BCUT2D eigenvalue weighted by Crippen LogP contribution is -2.55. The number of ether oxygens (including phenoxy) is 3. The summed E-state index contributed by atoms with van der Waals surface area (Å²) in [4.78, 5) is 36.9. The maximum atomic E-state index is 12.8. The van der Waals surface area contributed by atoms with Gasteiger partial charge in [0, 0.05) is 19.3 Å². The molecule has 0 aliphatic rings. The zero-order valence-electron chi connectivity index (χ0n) is 39.7. The summed E-state index contributed by atoms with van der Waals surface area (Å²) in [5.74, 6) is -1.86. The van der Waals surface area contributed by atoms with Crippen LogP contribution in [0.2, 0.25) is 0 Å². The lowest BCUT2D eigenvalue weighted by atomic mass is 10.1. The van der Waals surface area contributed by atoms with Gasteiger partial charge in [-0.15, -0.1) is 0 Å². The third kappa shape index (κ3) is 42.3. The Balaban J connectivity index is 4.51. The number of quaternary nitrogens is 1. The molecule has 0 aromatic rings. The number of aliphatic carboxylic acids is 1. The van der Waals surface area contributed by atoms with Crippen molar-refractivity contribution in [1.82, 2.24) is 0 Å². The summed E-state index contributed by atoms with van der Waals surface area (Å²) in [5, 5.41) is 11.6. The van der Waals surface area contributed by atoms with E-state index in [1.54, 1.807) is 21.1 Å². The Morgan fingerprint density at radius 2 is 0.921 bits per heavy atom. The molecule has 0 fully saturated rings. The third-order valence-electron chi connectivity index (χ3n) is 9.38. The van der Waals surface area contributed by atoms with Gasteiger partial charge in [0.05, 0.1) is 40.3 Å². The molecule has 8 nitrogen and oxygen atoms in total. The van der Waals surface area contributed by atoms with Gasteiger partial charge in [0.2, 0.25) is 0 Å². The summed E-state index contributed by atoms with van der Waals surface area (Å²) in [6.07, 6.45) is 64.4. The molecule has 0 radical (unpaired) electrons. The van der Waals surface area contributed by atoms with E-state index in [1.165, 1.54) is 0 Å². The lowest BCUT2D eigenvalue weighted by molar-refractivity contribution is -0.889. The van der Waals surface area contributed by atoms with E-state index in [-0.39, 0.29) is 55.5 Å². The second-order valence-corrected chi connectivity index (χ2v) is 16.0. The predicted octanol–water partition coefficient (Wildman–Crippen LogP) is 12.0. The van der Waals surface area contributed by atoms with E-state index in [0.717, 1.165) is 83.5 Å². The molecular weight excluding hydrogens is 787 g/mol. The largest absolute Gasteiger partial charge is 0.544 e. The summed E-state index contributed by atoms with van der Waals surface area (Å²) < 4.78 is 17.1. The minimum absolute atomic E-state index is 0.000170. The normalized spacial score (nSPS) is 14.2. The number of carbonyl (C=O) groups is 3. The van der Waals surface area contributed by atoms with E-state index in [1.807, 2.05) is 60.8 Å². The van der Waals surface area contributed by atoms with Crippen molar-refractivity contribution in [2.45, 2.75) is 142 Å². The Labute approximate surface area is 383 Å². The van der Waals surface area contributed by atoms with Crippen LogP contribution in [0.25, 0.3) is 0 Å². The smallest absolute Gasteiger partial charge is 0.306 e. The van der Waals surface area contributed by atoms with Crippen LogP contribution in [0, 0.1) is 0 Å². The number of carboxylic acids is 1. The zero-order chi connectivity index (χ0) is 46.3. The Morgan fingerprint density at radius 3 is 1.40 bits per heavy atom. The third-order valence-corrected chi connectivity index (χ3v) is 9.38. The zero-order valence-corrected chi connectivity index (χ0v) is 39.7. The fourth-order valence-corrected chi connectivity index (χ4v) is 5.81. The van der Waals surface area contributed by atoms with Crippen LogP contribution in [-0.2, 0) is 28.6 Å². The molecule has 0 aromatic carbocycles. The molecule has 8 heteroatoms. The second-order valence-electron chi connectivity index (χ2n) is 16.0. The van der Waals surface area contributed by atoms with Gasteiger partial charge in [-0.1, -0.05) is 173 Å². The Hall–Kier alpha value is -4.79. The van der Waals surface area contributed by atoms with Crippen LogP contribution < -0.4 is 5.11 Å². The topological polar surface area (TPSA) is 102 Å². The molecule has 0 aliphatic heterocycles. The van der Waals surface area contributed by atoms with Gasteiger partial charge in [0.25, 0.3) is 0 Å². The van der Waals surface area contributed by atoms with Crippen molar-refractivity contribution >= 4 is 17.9 Å². The highest BCUT2D eigenvalue weighted by Crippen LogP contribution is 2.11. The van der Waals surface area contributed by atoms with Crippen LogP contribution in [0.3, 0.4) is 0 Å². The number of carboxylic acid groups (broad SMARTS) is 1. The van der Waals surface area contributed by atoms with Crippen LogP contribution in [0.4, 0.5) is 0 Å². The highest BCUT2D eigenvalue weighted by Gasteiger charge is 2.25. The number of esters is 2. The minimum Gasteiger partial charge on any atom is -0.544 e. The molecule has 0 saturated heterocycles. The molecule has 0 aliphatic carbocycles. The van der Waals surface area contributed by atoms with Crippen molar-refractivity contribution < 1.29 is 38.2 Å². The number of rotatable bonds is 39. The van der Waals surface area contributed by atoms with Gasteiger partial charge in [-0.3, -0.25) is 9.59 Å². The van der Waals surface area contributed by atoms with Gasteiger partial charge < -0.3 is 28.6 Å². The van der Waals surface area contributed by atoms with Gasteiger partial charge in [-0.2, -0.15) is 0 Å². The predicted molar refractivity (Wildman–Crippen MR) is 263 cm³/mol. The monoisotopic (exact) mass is 870 g/mol. The molecule has 0 bridgehead atoms. The molecule has 350 valence electrons. The second kappa shape index (κ2) is 43.8. The van der Waals surface area contributed by atoms with Crippen molar-refractivity contribution in [2.24, 2.45) is 0 Å². The fourth-order valence-electron chi connectivity index (χ4n) is 5.81. The van der Waals surface area contributed by atoms with Gasteiger partial charge >= 0.3 is 11.9 Å². The molecule has 0 N–H and O–H groups in total. The molecule has 0 amide bonds. The van der Waals surface area contributed by atoms with Crippen LogP contribution in [0.1, 0.15) is 129 Å². The molecule has 2 atom stereocenters. The average Bonchev–Trinajstić information content (AvgIpc) is 3.24. The number of carbonyl (C=O) groups excluding carboxylic acids is 3. The van der Waals surface area contributed by atoms with Gasteiger partial charge in [0.15, 0.2) is 6.10 Å². The number of nitrogens with zero attached hydrogens (tertiary/aromatic N) is 1. The highest BCUT2D eigenvalue weighted by molar-refractivity contribution is 5.70. The molecule has 0 rings (SSSR count). The van der Waals surface area contributed by atoms with Crippen molar-refractivity contribution in [3.63, 3.8) is 0 Å². The van der Waals surface area contributed by atoms with Crippen LogP contribution in [0.5, 0.6) is 0 Å². The first kappa shape index (κ1) is 58.2. The van der Waals surface area contributed by atoms with Crippen molar-refractivity contribution in [1.29, 1.82) is 0 Å². The minimum atomic E-state index is -1.15. The molecule has 0 saturated carbocycles. The van der Waals surface area contributed by atoms with E-state index in [4.69, 9.17) is 14.2 Å². The average molecular weight is 870 g/mol. The molecule has 0 aromatic heterocycles. The van der Waals surface area contributed by atoms with E-state index in [0.29, 0.717) is 12.8 Å². The molecule has 2 unspecified atom stereocenters. The van der Waals surface area contributed by atoms with E-state index in [9.17, 15) is 19.5 Å². The van der Waals surface area contributed by atoms with Crippen molar-refractivity contribution in [3.05, 3.63) is 146 Å². The van der Waals surface area contributed by atoms with Gasteiger partial charge in [-0.25, -0.2) is 0 Å². The molecular formula is C55H83NO7. The number of hydrogen-bond donors (Lipinski definition) is 0. The Bertz CT molecular complexity index is 1530. The fraction of sp³-hybridized carbons (Fsp3) is 0.509. The maximum Gasteiger partial charge on any atom is 0.306 e. The van der Waals surface area contributed by atoms with Crippen molar-refractivity contribution in [3.8, 4) is 0 Å². The lowest BCUT2D eigenvalue weighted by Gasteiger charge is -2.34. The van der Waals surface area contributed by atoms with E-state index in [2.05, 4.69) is 98.9 Å². The van der Waals surface area contributed by atoms with Gasteiger partial charge in [0.1, 0.15) is 12.6 Å². The molecule has 63 heavy (non-hydrogen) atoms. The van der Waals surface area contributed by atoms with Crippen LogP contribution in [0.15, 0.2) is 146 Å². The van der Waals surface area contributed by atoms with E-state index >= 15 is 0 Å². The van der Waals surface area contributed by atoms with Crippen molar-refractivity contribution in [2.75, 3.05) is 41.0 Å². The first-order valence-electron chi connectivity index (χ1n) is 23.4. The summed E-state index contributed by atoms with van der Waals surface area (Å²) in [6.45, 7) is 4.28. The van der Waals surface area contributed by atoms with Crippen LogP contribution in [-0.4, -0.2) is 75.5 Å². The van der Waals surface area contributed by atoms with E-state index < -0.39 is 18.1 Å².